The Morgan fingerprint density at radius 2 is 1.68 bits per heavy atom. The predicted molar refractivity (Wildman–Crippen MR) is 86.8 cm³/mol. The van der Waals surface area contributed by atoms with E-state index in [9.17, 15) is 0 Å². The molecular weight excluding hydrogens is 302 g/mol. The third-order valence-corrected chi connectivity index (χ3v) is 3.72. The van der Waals surface area contributed by atoms with E-state index in [-0.39, 0.29) is 0 Å². The molecule has 108 valence electrons. The lowest BCUT2D eigenvalue weighted by molar-refractivity contribution is 0.304. The van der Waals surface area contributed by atoms with E-state index in [0.29, 0.717) is 0 Å². The molecule has 0 aliphatic heterocycles. The van der Waals surface area contributed by atoms with E-state index in [0.717, 1.165) is 34.5 Å². The fourth-order valence-electron chi connectivity index (χ4n) is 2.19. The Kier molecular flexibility index (Phi) is 7.96. The van der Waals surface area contributed by atoms with Crippen molar-refractivity contribution < 1.29 is 4.74 Å². The highest BCUT2D eigenvalue weighted by Gasteiger charge is 2.05. The van der Waals surface area contributed by atoms with Crippen LogP contribution in [0, 0.1) is 6.92 Å². The van der Waals surface area contributed by atoms with Crippen LogP contribution in [0.5, 0.6) is 5.75 Å². The molecule has 0 fully saturated rings. The van der Waals surface area contributed by atoms with Crippen LogP contribution in [0.25, 0.3) is 0 Å². The van der Waals surface area contributed by atoms with E-state index in [1.165, 1.54) is 38.5 Å². The summed E-state index contributed by atoms with van der Waals surface area (Å²) >= 11 is 3.43. The lowest BCUT2D eigenvalue weighted by atomic mass is 10.1. The average molecular weight is 328 g/mol. The van der Waals surface area contributed by atoms with Crippen LogP contribution in [0.3, 0.4) is 0 Å². The Bertz CT molecular complexity index is 356. The Balaban J connectivity index is 2.19. The Morgan fingerprint density at radius 3 is 2.32 bits per heavy atom. The SMILES string of the molecule is CCCCCCCCCOc1c(C)cc(Br)cc1N. The molecule has 3 heteroatoms. The van der Waals surface area contributed by atoms with E-state index in [1.54, 1.807) is 0 Å². The van der Waals surface area contributed by atoms with Gasteiger partial charge in [-0.25, -0.2) is 0 Å². The Labute approximate surface area is 125 Å². The minimum absolute atomic E-state index is 0.717. The van der Waals surface area contributed by atoms with Gasteiger partial charge in [0.2, 0.25) is 0 Å². The van der Waals surface area contributed by atoms with Crippen molar-refractivity contribution in [1.82, 2.24) is 0 Å². The van der Waals surface area contributed by atoms with Gasteiger partial charge < -0.3 is 10.5 Å². The van der Waals surface area contributed by atoms with Gasteiger partial charge in [0, 0.05) is 4.47 Å². The number of benzene rings is 1. The van der Waals surface area contributed by atoms with Gasteiger partial charge in [-0.3, -0.25) is 0 Å². The highest BCUT2D eigenvalue weighted by Crippen LogP contribution is 2.30. The molecule has 2 nitrogen and oxygen atoms in total. The maximum Gasteiger partial charge on any atom is 0.145 e. The van der Waals surface area contributed by atoms with Crippen LogP contribution < -0.4 is 10.5 Å². The first-order chi connectivity index (χ1) is 9.15. The molecule has 0 bridgehead atoms. The summed E-state index contributed by atoms with van der Waals surface area (Å²) in [5.74, 6) is 0.842. The highest BCUT2D eigenvalue weighted by atomic mass is 79.9. The summed E-state index contributed by atoms with van der Waals surface area (Å²) in [5.41, 5.74) is 7.77. The zero-order valence-corrected chi connectivity index (χ0v) is 13.8. The molecule has 1 rings (SSSR count). The molecule has 0 aromatic heterocycles. The lowest BCUT2D eigenvalue weighted by Crippen LogP contribution is -2.02. The maximum absolute atomic E-state index is 5.96. The molecule has 19 heavy (non-hydrogen) atoms. The van der Waals surface area contributed by atoms with Gasteiger partial charge in [0.05, 0.1) is 12.3 Å². The van der Waals surface area contributed by atoms with Crippen molar-refractivity contribution in [2.75, 3.05) is 12.3 Å². The number of nitrogen functional groups attached to an aromatic ring is 1. The van der Waals surface area contributed by atoms with Crippen LogP contribution in [0.4, 0.5) is 5.69 Å². The van der Waals surface area contributed by atoms with Crippen LogP contribution in [0.2, 0.25) is 0 Å². The third kappa shape index (κ3) is 6.33. The standard InChI is InChI=1S/C16H26BrNO/c1-3-4-5-6-7-8-9-10-19-16-13(2)11-14(17)12-15(16)18/h11-12H,3-10,18H2,1-2H3. The fourth-order valence-corrected chi connectivity index (χ4v) is 2.78. The molecule has 0 amide bonds. The van der Waals surface area contributed by atoms with Gasteiger partial charge in [0.1, 0.15) is 5.75 Å². The van der Waals surface area contributed by atoms with Crippen molar-refractivity contribution in [2.24, 2.45) is 0 Å². The van der Waals surface area contributed by atoms with Gasteiger partial charge in [0.15, 0.2) is 0 Å². The minimum Gasteiger partial charge on any atom is -0.491 e. The number of hydrogen-bond donors (Lipinski definition) is 1. The van der Waals surface area contributed by atoms with Gasteiger partial charge in [-0.2, -0.15) is 0 Å². The average Bonchev–Trinajstić information content (AvgIpc) is 2.35. The molecule has 1 aromatic rings. The molecule has 0 atom stereocenters. The minimum atomic E-state index is 0.717. The van der Waals surface area contributed by atoms with E-state index >= 15 is 0 Å². The summed E-state index contributed by atoms with van der Waals surface area (Å²) in [6.45, 7) is 5.04. The summed E-state index contributed by atoms with van der Waals surface area (Å²) in [4.78, 5) is 0. The fraction of sp³-hybridized carbons (Fsp3) is 0.625. The molecule has 1 aromatic carbocycles. The van der Waals surface area contributed by atoms with Crippen LogP contribution in [-0.4, -0.2) is 6.61 Å². The molecule has 0 radical (unpaired) electrons. The maximum atomic E-state index is 5.96. The Hall–Kier alpha value is -0.700. The summed E-state index contributed by atoms with van der Waals surface area (Å²) in [7, 11) is 0. The van der Waals surface area contributed by atoms with Crippen molar-refractivity contribution in [3.05, 3.63) is 22.2 Å². The number of unbranched alkanes of at least 4 members (excludes halogenated alkanes) is 6. The Morgan fingerprint density at radius 1 is 1.05 bits per heavy atom. The van der Waals surface area contributed by atoms with Gasteiger partial charge in [-0.05, 0) is 31.0 Å². The van der Waals surface area contributed by atoms with Crippen molar-refractivity contribution in [3.8, 4) is 5.75 Å². The van der Waals surface area contributed by atoms with Gasteiger partial charge in [0.25, 0.3) is 0 Å². The van der Waals surface area contributed by atoms with Gasteiger partial charge >= 0.3 is 0 Å². The highest BCUT2D eigenvalue weighted by molar-refractivity contribution is 9.10. The molecule has 0 heterocycles. The lowest BCUT2D eigenvalue weighted by Gasteiger charge is -2.12. The predicted octanol–water partition coefficient (Wildman–Crippen LogP) is 5.47. The van der Waals surface area contributed by atoms with E-state index < -0.39 is 0 Å². The summed E-state index contributed by atoms with van der Waals surface area (Å²) in [6.07, 6.45) is 9.08. The van der Waals surface area contributed by atoms with Crippen molar-refractivity contribution in [2.45, 2.75) is 58.8 Å². The summed E-state index contributed by atoms with van der Waals surface area (Å²) in [6, 6.07) is 3.93. The smallest absolute Gasteiger partial charge is 0.145 e. The van der Waals surface area contributed by atoms with E-state index in [4.69, 9.17) is 10.5 Å². The van der Waals surface area contributed by atoms with Gasteiger partial charge in [-0.15, -0.1) is 0 Å². The molecule has 0 saturated heterocycles. The second-order valence-electron chi connectivity index (χ2n) is 5.11. The molecule has 0 saturated carbocycles. The van der Waals surface area contributed by atoms with Crippen molar-refractivity contribution in [3.63, 3.8) is 0 Å². The quantitative estimate of drug-likeness (QED) is 0.482. The number of halogens is 1. The monoisotopic (exact) mass is 327 g/mol. The van der Waals surface area contributed by atoms with Crippen LogP contribution in [0.15, 0.2) is 16.6 Å². The van der Waals surface area contributed by atoms with Crippen LogP contribution in [-0.2, 0) is 0 Å². The first kappa shape index (κ1) is 16.4. The molecular formula is C16H26BrNO. The number of anilines is 1. The normalized spacial score (nSPS) is 10.7. The topological polar surface area (TPSA) is 35.2 Å². The molecule has 0 aliphatic carbocycles. The largest absolute Gasteiger partial charge is 0.491 e. The van der Waals surface area contributed by atoms with Crippen LogP contribution in [0.1, 0.15) is 57.4 Å². The molecule has 0 unspecified atom stereocenters. The zero-order valence-electron chi connectivity index (χ0n) is 12.2. The molecule has 0 aliphatic rings. The second-order valence-corrected chi connectivity index (χ2v) is 6.03. The number of ether oxygens (including phenoxy) is 1. The van der Waals surface area contributed by atoms with E-state index in [1.807, 2.05) is 19.1 Å². The second kappa shape index (κ2) is 9.24. The third-order valence-electron chi connectivity index (χ3n) is 3.26. The van der Waals surface area contributed by atoms with Crippen molar-refractivity contribution >= 4 is 21.6 Å². The molecule has 2 N–H and O–H groups in total. The first-order valence-corrected chi connectivity index (χ1v) is 8.13. The number of aryl methyl sites for hydroxylation is 1. The molecule has 0 spiro atoms. The summed E-state index contributed by atoms with van der Waals surface area (Å²) in [5, 5.41) is 0. The van der Waals surface area contributed by atoms with Gasteiger partial charge in [-0.1, -0.05) is 61.4 Å². The number of hydrogen-bond acceptors (Lipinski definition) is 2. The summed E-state index contributed by atoms with van der Waals surface area (Å²) < 4.78 is 6.81. The number of rotatable bonds is 9. The van der Waals surface area contributed by atoms with Crippen LogP contribution >= 0.6 is 15.9 Å². The number of nitrogens with two attached hydrogens (primary N) is 1. The first-order valence-electron chi connectivity index (χ1n) is 7.33. The van der Waals surface area contributed by atoms with Crippen molar-refractivity contribution in [1.29, 1.82) is 0 Å². The van der Waals surface area contributed by atoms with E-state index in [2.05, 4.69) is 22.9 Å². The zero-order chi connectivity index (χ0) is 14.1.